The second-order valence-electron chi connectivity index (χ2n) is 7.55. The Morgan fingerprint density at radius 3 is 2.61 bits per heavy atom. The van der Waals surface area contributed by atoms with Gasteiger partial charge in [-0.15, -0.1) is 0 Å². The molecule has 3 atom stereocenters. The Kier molecular flexibility index (Phi) is 4.85. The predicted molar refractivity (Wildman–Crippen MR) is 123 cm³/mol. The minimum absolute atomic E-state index is 0.329. The van der Waals surface area contributed by atoms with Gasteiger partial charge in [0.1, 0.15) is 12.4 Å². The summed E-state index contributed by atoms with van der Waals surface area (Å²) in [5.41, 5.74) is 5.22. The number of allylic oxidation sites excluding steroid dienone is 2. The molecule has 3 heteroatoms. The van der Waals surface area contributed by atoms with E-state index >= 15 is 0 Å². The molecule has 0 spiro atoms. The van der Waals surface area contributed by atoms with E-state index in [0.717, 1.165) is 12.2 Å². The van der Waals surface area contributed by atoms with E-state index in [4.69, 9.17) is 4.74 Å². The van der Waals surface area contributed by atoms with Crippen LogP contribution in [0.25, 0.3) is 0 Å². The number of hydrogen-bond donors (Lipinski definition) is 1. The summed E-state index contributed by atoms with van der Waals surface area (Å²) in [6.07, 6.45) is 5.86. The quantitative estimate of drug-likeness (QED) is 0.332. The van der Waals surface area contributed by atoms with Crippen LogP contribution in [0.1, 0.15) is 35.1 Å². The number of fused-ring (bicyclic) bond motifs is 3. The van der Waals surface area contributed by atoms with Gasteiger partial charge in [0.25, 0.3) is 0 Å². The summed E-state index contributed by atoms with van der Waals surface area (Å²) in [5, 5.41) is 3.81. The molecule has 1 aliphatic heterocycles. The van der Waals surface area contributed by atoms with Gasteiger partial charge in [-0.05, 0) is 82.0 Å². The largest absolute Gasteiger partial charge is 0.489 e. The molecule has 3 aromatic carbocycles. The first-order chi connectivity index (χ1) is 13.8. The van der Waals surface area contributed by atoms with Crippen molar-refractivity contribution in [2.75, 3.05) is 5.32 Å². The molecule has 140 valence electrons. The van der Waals surface area contributed by atoms with E-state index in [1.165, 1.54) is 25.9 Å². The molecule has 28 heavy (non-hydrogen) atoms. The monoisotopic (exact) mass is 479 g/mol. The number of rotatable bonds is 4. The fourth-order valence-electron chi connectivity index (χ4n) is 4.41. The molecule has 0 unspecified atom stereocenters. The summed E-state index contributed by atoms with van der Waals surface area (Å²) in [7, 11) is 0. The molecule has 0 bridgehead atoms. The molecule has 1 heterocycles. The van der Waals surface area contributed by atoms with Crippen molar-refractivity contribution in [2.24, 2.45) is 5.92 Å². The van der Waals surface area contributed by atoms with Crippen molar-refractivity contribution in [1.29, 1.82) is 0 Å². The van der Waals surface area contributed by atoms with Crippen LogP contribution in [-0.4, -0.2) is 0 Å². The highest BCUT2D eigenvalue weighted by Gasteiger charge is 2.37. The van der Waals surface area contributed by atoms with E-state index in [1.807, 2.05) is 18.2 Å². The van der Waals surface area contributed by atoms with Crippen LogP contribution >= 0.6 is 22.6 Å². The third-order valence-corrected chi connectivity index (χ3v) is 6.48. The lowest BCUT2D eigenvalue weighted by atomic mass is 9.77. The van der Waals surface area contributed by atoms with Crippen LogP contribution in [-0.2, 0) is 6.61 Å². The summed E-state index contributed by atoms with van der Waals surface area (Å²) in [6.45, 7) is 0.600. The number of halogens is 1. The lowest BCUT2D eigenvalue weighted by Gasteiger charge is -2.37. The lowest BCUT2D eigenvalue weighted by molar-refractivity contribution is 0.306. The molecule has 2 aliphatic rings. The fraction of sp³-hybridized carbons (Fsp3) is 0.200. The summed E-state index contributed by atoms with van der Waals surface area (Å²) < 4.78 is 7.26. The third-order valence-electron chi connectivity index (χ3n) is 5.81. The van der Waals surface area contributed by atoms with Gasteiger partial charge in [-0.1, -0.05) is 54.6 Å². The Morgan fingerprint density at radius 2 is 1.79 bits per heavy atom. The minimum Gasteiger partial charge on any atom is -0.489 e. The molecule has 0 saturated carbocycles. The number of hydrogen-bond acceptors (Lipinski definition) is 2. The molecule has 2 nitrogen and oxygen atoms in total. The first-order valence-corrected chi connectivity index (χ1v) is 10.9. The maximum atomic E-state index is 5.96. The molecule has 0 amide bonds. The molecule has 1 N–H and O–H groups in total. The maximum absolute atomic E-state index is 5.96. The molecule has 0 aromatic heterocycles. The van der Waals surface area contributed by atoms with E-state index in [2.05, 4.69) is 94.7 Å². The Labute approximate surface area is 179 Å². The summed E-state index contributed by atoms with van der Waals surface area (Å²) in [5.74, 6) is 1.99. The predicted octanol–water partition coefficient (Wildman–Crippen LogP) is 6.70. The van der Waals surface area contributed by atoms with Crippen molar-refractivity contribution in [1.82, 2.24) is 0 Å². The normalized spacial score (nSPS) is 22.2. The first-order valence-electron chi connectivity index (χ1n) is 9.77. The number of nitrogens with one attached hydrogen (secondary N) is 1. The average Bonchev–Trinajstić information content (AvgIpc) is 3.23. The number of ether oxygens (including phenoxy) is 1. The minimum atomic E-state index is 0.329. The maximum Gasteiger partial charge on any atom is 0.119 e. The highest BCUT2D eigenvalue weighted by molar-refractivity contribution is 14.1. The Bertz CT molecular complexity index is 997. The topological polar surface area (TPSA) is 21.3 Å². The van der Waals surface area contributed by atoms with Crippen molar-refractivity contribution >= 4 is 28.3 Å². The van der Waals surface area contributed by atoms with Crippen LogP contribution in [0.5, 0.6) is 5.75 Å². The van der Waals surface area contributed by atoms with Crippen LogP contribution in [0.15, 0.2) is 84.9 Å². The molecule has 3 aromatic rings. The molecule has 0 saturated heterocycles. The van der Waals surface area contributed by atoms with E-state index < -0.39 is 0 Å². The Morgan fingerprint density at radius 1 is 0.964 bits per heavy atom. The fourth-order valence-corrected chi connectivity index (χ4v) is 4.92. The Balaban J connectivity index is 1.35. The molecule has 1 aliphatic carbocycles. The van der Waals surface area contributed by atoms with Crippen molar-refractivity contribution in [3.8, 4) is 5.75 Å². The summed E-state index contributed by atoms with van der Waals surface area (Å²) in [4.78, 5) is 0. The van der Waals surface area contributed by atoms with Crippen molar-refractivity contribution in [3.63, 3.8) is 0 Å². The van der Waals surface area contributed by atoms with Crippen LogP contribution in [0.3, 0.4) is 0 Å². The van der Waals surface area contributed by atoms with Gasteiger partial charge in [0.05, 0.1) is 6.04 Å². The van der Waals surface area contributed by atoms with E-state index in [-0.39, 0.29) is 0 Å². The van der Waals surface area contributed by atoms with Gasteiger partial charge in [0.15, 0.2) is 0 Å². The van der Waals surface area contributed by atoms with Gasteiger partial charge < -0.3 is 10.1 Å². The van der Waals surface area contributed by atoms with E-state index in [9.17, 15) is 0 Å². The van der Waals surface area contributed by atoms with Crippen molar-refractivity contribution in [3.05, 3.63) is 105 Å². The molecular weight excluding hydrogens is 457 g/mol. The zero-order valence-corrected chi connectivity index (χ0v) is 17.7. The molecule has 0 fully saturated rings. The molecular formula is C25H22INO. The van der Waals surface area contributed by atoms with Gasteiger partial charge in [-0.3, -0.25) is 0 Å². The van der Waals surface area contributed by atoms with Crippen LogP contribution in [0.4, 0.5) is 5.69 Å². The zero-order valence-electron chi connectivity index (χ0n) is 15.5. The van der Waals surface area contributed by atoms with Gasteiger partial charge in [-0.2, -0.15) is 0 Å². The molecule has 5 rings (SSSR count). The summed E-state index contributed by atoms with van der Waals surface area (Å²) in [6, 6.07) is 26.0. The van der Waals surface area contributed by atoms with Crippen LogP contribution < -0.4 is 10.1 Å². The Hall–Kier alpha value is -2.27. The standard InChI is InChI=1S/C25H22INO/c26-19-11-14-24-23(15-19)21-7-4-8-22(21)25(27-24)18-9-12-20(13-10-18)28-16-17-5-2-1-3-6-17/h1-7,9-15,21-22,25,27H,8,16H2/t21-,22+,25+/m1/s1. The third kappa shape index (κ3) is 3.44. The SMILES string of the molecule is Ic1ccc2c(c1)[C@@H]1C=CC[C@@H]1[C@H](c1ccc(OCc3ccccc3)cc1)N2. The second-order valence-corrected chi connectivity index (χ2v) is 8.80. The van der Waals surface area contributed by atoms with E-state index in [1.54, 1.807) is 0 Å². The average molecular weight is 479 g/mol. The van der Waals surface area contributed by atoms with Gasteiger partial charge in [0.2, 0.25) is 0 Å². The highest BCUT2D eigenvalue weighted by Crippen LogP contribution is 2.50. The van der Waals surface area contributed by atoms with Crippen molar-refractivity contribution in [2.45, 2.75) is 25.0 Å². The van der Waals surface area contributed by atoms with Gasteiger partial charge in [0, 0.05) is 15.2 Å². The lowest BCUT2D eigenvalue weighted by Crippen LogP contribution is -2.29. The van der Waals surface area contributed by atoms with Crippen LogP contribution in [0.2, 0.25) is 0 Å². The van der Waals surface area contributed by atoms with Gasteiger partial charge in [-0.25, -0.2) is 0 Å². The summed E-state index contributed by atoms with van der Waals surface area (Å²) >= 11 is 2.41. The van der Waals surface area contributed by atoms with Crippen LogP contribution in [0, 0.1) is 9.49 Å². The smallest absolute Gasteiger partial charge is 0.119 e. The zero-order chi connectivity index (χ0) is 18.9. The second kappa shape index (κ2) is 7.63. The first kappa shape index (κ1) is 17.8. The van der Waals surface area contributed by atoms with Gasteiger partial charge >= 0.3 is 0 Å². The number of anilines is 1. The van der Waals surface area contributed by atoms with Crippen molar-refractivity contribution < 1.29 is 4.74 Å². The highest BCUT2D eigenvalue weighted by atomic mass is 127. The molecule has 0 radical (unpaired) electrons. The van der Waals surface area contributed by atoms with E-state index in [0.29, 0.717) is 24.5 Å². The number of benzene rings is 3.